The molecule has 0 amide bonds. The van der Waals surface area contributed by atoms with Gasteiger partial charge in [-0.2, -0.15) is 0 Å². The molecule has 15 heavy (non-hydrogen) atoms. The van der Waals surface area contributed by atoms with E-state index in [9.17, 15) is 26.7 Å². The van der Waals surface area contributed by atoms with Crippen molar-refractivity contribution in [2.24, 2.45) is 0 Å². The van der Waals surface area contributed by atoms with E-state index < -0.39 is 34.6 Å². The molecule has 79 valence electrons. The summed E-state index contributed by atoms with van der Waals surface area (Å²) in [5.74, 6) is -10.3. The third-order valence-corrected chi connectivity index (χ3v) is 1.56. The predicted molar refractivity (Wildman–Crippen MR) is 41.0 cm³/mol. The first-order valence-corrected chi connectivity index (χ1v) is 3.56. The van der Waals surface area contributed by atoms with Crippen LogP contribution >= 0.6 is 0 Å². The molecule has 0 aliphatic heterocycles. The van der Waals surface area contributed by atoms with Crippen molar-refractivity contribution in [2.75, 3.05) is 0 Å². The van der Waals surface area contributed by atoms with Crippen LogP contribution in [0.2, 0.25) is 0 Å². The second-order valence-corrected chi connectivity index (χ2v) is 2.43. The highest BCUT2D eigenvalue weighted by molar-refractivity contribution is 5.74. The summed E-state index contributed by atoms with van der Waals surface area (Å²) in [5.41, 5.74) is -1.17. The number of benzene rings is 1. The molecule has 1 aromatic carbocycles. The van der Waals surface area contributed by atoms with Gasteiger partial charge in [-0.25, -0.2) is 22.0 Å². The van der Waals surface area contributed by atoms with Crippen molar-refractivity contribution in [3.05, 3.63) is 40.7 Å². The Morgan fingerprint density at radius 2 is 1.20 bits per heavy atom. The molecule has 6 heteroatoms. The van der Waals surface area contributed by atoms with E-state index in [4.69, 9.17) is 0 Å². The fraction of sp³-hybridized carbons (Fsp3) is 0. The van der Waals surface area contributed by atoms with E-state index >= 15 is 0 Å². The first-order chi connectivity index (χ1) is 7.00. The summed E-state index contributed by atoms with van der Waals surface area (Å²) >= 11 is 0. The van der Waals surface area contributed by atoms with Crippen LogP contribution in [0.3, 0.4) is 0 Å². The molecule has 0 fully saturated rings. The Hall–Kier alpha value is -1.72. The minimum atomic E-state index is -2.24. The Morgan fingerprint density at radius 3 is 1.60 bits per heavy atom. The maximum atomic E-state index is 12.8. The van der Waals surface area contributed by atoms with Crippen LogP contribution in [-0.4, -0.2) is 6.29 Å². The monoisotopic (exact) mass is 221 g/mol. The van der Waals surface area contributed by atoms with Crippen LogP contribution in [0.15, 0.2) is 6.08 Å². The smallest absolute Gasteiger partial charge is 0.225 e. The van der Waals surface area contributed by atoms with Gasteiger partial charge in [0.05, 0.1) is 5.56 Å². The zero-order chi connectivity index (χ0) is 11.6. The molecule has 1 rings (SSSR count). The molecule has 0 bridgehead atoms. The fourth-order valence-corrected chi connectivity index (χ4v) is 0.886. The number of carbonyl (C=O) groups excluding carboxylic acids is 1. The highest BCUT2D eigenvalue weighted by atomic mass is 19.2. The molecule has 0 aliphatic carbocycles. The van der Waals surface area contributed by atoms with Crippen molar-refractivity contribution in [2.45, 2.75) is 0 Å². The number of rotatable bonds is 2. The SMILES string of the molecule is O=[C]C=Cc1c(F)c(F)c(F)c(F)c1F. The van der Waals surface area contributed by atoms with Crippen LogP contribution in [0.1, 0.15) is 5.56 Å². The van der Waals surface area contributed by atoms with E-state index in [2.05, 4.69) is 0 Å². The highest BCUT2D eigenvalue weighted by Gasteiger charge is 2.23. The van der Waals surface area contributed by atoms with Crippen molar-refractivity contribution in [1.29, 1.82) is 0 Å². The van der Waals surface area contributed by atoms with Crippen LogP contribution in [0, 0.1) is 29.1 Å². The molecular weight excluding hydrogens is 219 g/mol. The summed E-state index contributed by atoms with van der Waals surface area (Å²) in [5, 5.41) is 0. The van der Waals surface area contributed by atoms with Gasteiger partial charge in [-0.3, -0.25) is 4.79 Å². The highest BCUT2D eigenvalue weighted by Crippen LogP contribution is 2.23. The van der Waals surface area contributed by atoms with Gasteiger partial charge in [-0.15, -0.1) is 0 Å². The van der Waals surface area contributed by atoms with Crippen molar-refractivity contribution in [1.82, 2.24) is 0 Å². The first-order valence-electron chi connectivity index (χ1n) is 3.56. The lowest BCUT2D eigenvalue weighted by molar-refractivity contribution is 0.377. The van der Waals surface area contributed by atoms with Crippen molar-refractivity contribution < 1.29 is 26.7 Å². The maximum Gasteiger partial charge on any atom is 0.225 e. The largest absolute Gasteiger partial charge is 0.286 e. The summed E-state index contributed by atoms with van der Waals surface area (Å²) in [6, 6.07) is 0. The van der Waals surface area contributed by atoms with Crippen molar-refractivity contribution in [3.63, 3.8) is 0 Å². The van der Waals surface area contributed by atoms with Gasteiger partial charge in [-0.05, 0) is 12.2 Å². The lowest BCUT2D eigenvalue weighted by Crippen LogP contribution is -2.03. The van der Waals surface area contributed by atoms with Crippen LogP contribution in [0.5, 0.6) is 0 Å². The Morgan fingerprint density at radius 1 is 0.800 bits per heavy atom. The Kier molecular flexibility index (Phi) is 3.18. The predicted octanol–water partition coefficient (Wildman–Crippen LogP) is 2.50. The molecule has 0 heterocycles. The second-order valence-electron chi connectivity index (χ2n) is 2.43. The number of hydrogen-bond acceptors (Lipinski definition) is 1. The van der Waals surface area contributed by atoms with Crippen molar-refractivity contribution in [3.8, 4) is 0 Å². The molecule has 1 aromatic rings. The van der Waals surface area contributed by atoms with Crippen LogP contribution in [0.25, 0.3) is 6.08 Å². The Bertz CT molecular complexity index is 410. The van der Waals surface area contributed by atoms with Crippen LogP contribution in [-0.2, 0) is 4.79 Å². The zero-order valence-electron chi connectivity index (χ0n) is 6.95. The molecule has 0 spiro atoms. The summed E-state index contributed by atoms with van der Waals surface area (Å²) in [7, 11) is 0. The molecule has 1 radical (unpaired) electrons. The van der Waals surface area contributed by atoms with Gasteiger partial charge in [0.1, 0.15) is 0 Å². The molecule has 0 saturated heterocycles. The lowest BCUT2D eigenvalue weighted by Gasteiger charge is -2.03. The quantitative estimate of drug-likeness (QED) is 0.324. The third-order valence-electron chi connectivity index (χ3n) is 1.56. The van der Waals surface area contributed by atoms with E-state index in [0.717, 1.165) is 6.29 Å². The first kappa shape index (κ1) is 11.4. The Balaban J connectivity index is 3.52. The summed E-state index contributed by atoms with van der Waals surface area (Å²) in [6.07, 6.45) is 2.07. The molecule has 0 atom stereocenters. The minimum Gasteiger partial charge on any atom is -0.286 e. The number of halogens is 5. The van der Waals surface area contributed by atoms with Gasteiger partial charge < -0.3 is 0 Å². The molecular formula is C9H2F5O. The maximum absolute atomic E-state index is 12.8. The summed E-state index contributed by atoms with van der Waals surface area (Å²) in [6.45, 7) is 0. The normalized spacial score (nSPS) is 11.0. The summed E-state index contributed by atoms with van der Waals surface area (Å²) < 4.78 is 63.2. The molecule has 0 N–H and O–H groups in total. The summed E-state index contributed by atoms with van der Waals surface area (Å²) in [4.78, 5) is 9.72. The minimum absolute atomic E-state index is 0.448. The van der Waals surface area contributed by atoms with Crippen LogP contribution < -0.4 is 0 Å². The third kappa shape index (κ3) is 1.88. The van der Waals surface area contributed by atoms with E-state index in [1.165, 1.54) is 0 Å². The molecule has 0 saturated carbocycles. The number of hydrogen-bond donors (Lipinski definition) is 0. The van der Waals surface area contributed by atoms with Gasteiger partial charge in [0.15, 0.2) is 23.3 Å². The molecule has 0 aromatic heterocycles. The Labute approximate surface area is 80.8 Å². The van der Waals surface area contributed by atoms with Gasteiger partial charge in [0.25, 0.3) is 0 Å². The average Bonchev–Trinajstić information content (AvgIpc) is 2.24. The van der Waals surface area contributed by atoms with E-state index in [1.54, 1.807) is 0 Å². The second kappa shape index (κ2) is 4.20. The molecule has 0 unspecified atom stereocenters. The van der Waals surface area contributed by atoms with Gasteiger partial charge in [-0.1, -0.05) is 0 Å². The standard InChI is InChI=1S/C9H2F5O/c10-5-4(2-1-3-15)6(11)8(13)9(14)7(5)12/h1-2H. The molecule has 1 nitrogen and oxygen atoms in total. The van der Waals surface area contributed by atoms with E-state index in [-0.39, 0.29) is 0 Å². The topological polar surface area (TPSA) is 17.1 Å². The van der Waals surface area contributed by atoms with E-state index in [0.29, 0.717) is 12.2 Å². The van der Waals surface area contributed by atoms with Gasteiger partial charge in [0, 0.05) is 0 Å². The van der Waals surface area contributed by atoms with Gasteiger partial charge in [0.2, 0.25) is 12.1 Å². The van der Waals surface area contributed by atoms with Crippen LogP contribution in [0.4, 0.5) is 22.0 Å². The van der Waals surface area contributed by atoms with Gasteiger partial charge >= 0.3 is 0 Å². The zero-order valence-corrected chi connectivity index (χ0v) is 6.95. The fourth-order valence-electron chi connectivity index (χ4n) is 0.886. The lowest BCUT2D eigenvalue weighted by atomic mass is 10.1. The molecule has 0 aliphatic rings. The van der Waals surface area contributed by atoms with Crippen molar-refractivity contribution >= 4 is 12.4 Å². The van der Waals surface area contributed by atoms with E-state index in [1.807, 2.05) is 0 Å². The number of allylic oxidation sites excluding steroid dienone is 1. The average molecular weight is 221 g/mol.